The van der Waals surface area contributed by atoms with Crippen molar-refractivity contribution in [3.8, 4) is 0 Å². The van der Waals surface area contributed by atoms with Crippen molar-refractivity contribution in [2.45, 2.75) is 51.8 Å². The Bertz CT molecular complexity index is 772. The highest BCUT2D eigenvalue weighted by atomic mass is 32.1. The number of aliphatic hydroxyl groups excluding tert-OH is 1. The van der Waals surface area contributed by atoms with Crippen molar-refractivity contribution < 1.29 is 14.6 Å². The van der Waals surface area contributed by atoms with E-state index in [1.807, 2.05) is 13.0 Å². The van der Waals surface area contributed by atoms with Crippen LogP contribution >= 0.6 is 11.3 Å². The van der Waals surface area contributed by atoms with Crippen LogP contribution in [-0.4, -0.2) is 39.8 Å². The lowest BCUT2D eigenvalue weighted by atomic mass is 9.95. The van der Waals surface area contributed by atoms with Gasteiger partial charge in [0.2, 0.25) is 0 Å². The summed E-state index contributed by atoms with van der Waals surface area (Å²) in [6, 6.07) is 2.09. The number of imidazole rings is 1. The van der Waals surface area contributed by atoms with E-state index in [4.69, 9.17) is 4.74 Å². The van der Waals surface area contributed by atoms with Crippen LogP contribution in [0.4, 0.5) is 0 Å². The number of fused-ring (bicyclic) bond motifs is 2. The van der Waals surface area contributed by atoms with E-state index in [-0.39, 0.29) is 18.6 Å². The number of nitrogens with zero attached hydrogens (tertiary/aromatic N) is 2. The van der Waals surface area contributed by atoms with Crippen molar-refractivity contribution in [1.29, 1.82) is 0 Å². The second-order valence-electron chi connectivity index (χ2n) is 6.70. The molecule has 2 aromatic rings. The molecule has 6 nitrogen and oxygen atoms in total. The molecule has 134 valence electrons. The van der Waals surface area contributed by atoms with Gasteiger partial charge in [-0.1, -0.05) is 0 Å². The maximum Gasteiger partial charge on any atom is 0.261 e. The van der Waals surface area contributed by atoms with E-state index in [1.165, 1.54) is 10.6 Å². The van der Waals surface area contributed by atoms with Gasteiger partial charge < -0.3 is 19.7 Å². The third-order valence-electron chi connectivity index (χ3n) is 5.03. The number of thiophene rings is 1. The molecule has 2 N–H and O–H groups in total. The molecule has 1 amide bonds. The second-order valence-corrected chi connectivity index (χ2v) is 7.84. The van der Waals surface area contributed by atoms with Crippen molar-refractivity contribution >= 4 is 17.2 Å². The molecule has 7 heteroatoms. The summed E-state index contributed by atoms with van der Waals surface area (Å²) in [6.07, 6.45) is 3.45. The molecule has 0 unspecified atom stereocenters. The first-order valence-corrected chi connectivity index (χ1v) is 9.63. The molecule has 4 rings (SSSR count). The molecule has 25 heavy (non-hydrogen) atoms. The molecule has 0 spiro atoms. The summed E-state index contributed by atoms with van der Waals surface area (Å²) in [7, 11) is 0. The van der Waals surface area contributed by atoms with E-state index >= 15 is 0 Å². The van der Waals surface area contributed by atoms with Crippen molar-refractivity contribution in [1.82, 2.24) is 14.9 Å². The standard InChI is InChI=1S/C18H23N3O3S/c1-11-19-14-9-13(2-3-15(14)21(11)5-6-22)20-18(23)17-8-12-10-24-7-4-16(12)25-17/h8,13,22H,2-7,9-10H2,1H3,(H,20,23)/t13-/m0/s1. The minimum atomic E-state index is 0.0133. The highest BCUT2D eigenvalue weighted by molar-refractivity contribution is 7.14. The Kier molecular flexibility index (Phi) is 4.62. The van der Waals surface area contributed by atoms with Crippen molar-refractivity contribution in [3.05, 3.63) is 38.6 Å². The van der Waals surface area contributed by atoms with E-state index in [0.29, 0.717) is 13.2 Å². The Balaban J connectivity index is 1.44. The van der Waals surface area contributed by atoms with E-state index < -0.39 is 0 Å². The normalized spacial score (nSPS) is 19.4. The number of hydrogen-bond donors (Lipinski definition) is 2. The summed E-state index contributed by atoms with van der Waals surface area (Å²) in [6.45, 7) is 4.05. The Morgan fingerprint density at radius 1 is 1.52 bits per heavy atom. The lowest BCUT2D eigenvalue weighted by Gasteiger charge is -2.23. The molecule has 1 atom stereocenters. The predicted octanol–water partition coefficient (Wildman–Crippen LogP) is 1.61. The van der Waals surface area contributed by atoms with Gasteiger partial charge >= 0.3 is 0 Å². The van der Waals surface area contributed by atoms with Crippen LogP contribution in [-0.2, 0) is 37.2 Å². The number of aryl methyl sites for hydroxylation is 1. The van der Waals surface area contributed by atoms with Gasteiger partial charge in [-0.25, -0.2) is 4.98 Å². The van der Waals surface area contributed by atoms with Crippen LogP contribution < -0.4 is 5.32 Å². The number of rotatable bonds is 4. The molecule has 1 aliphatic heterocycles. The summed E-state index contributed by atoms with van der Waals surface area (Å²) in [5, 5.41) is 12.4. The Morgan fingerprint density at radius 2 is 2.40 bits per heavy atom. The van der Waals surface area contributed by atoms with Crippen LogP contribution in [0.2, 0.25) is 0 Å². The SMILES string of the molecule is Cc1nc2c(n1CCO)CC[C@H](NC(=O)c1cc3c(s1)CCOC3)C2. The van der Waals surface area contributed by atoms with Crippen molar-refractivity contribution in [3.63, 3.8) is 0 Å². The van der Waals surface area contributed by atoms with E-state index in [1.54, 1.807) is 11.3 Å². The first kappa shape index (κ1) is 16.8. The fourth-order valence-electron chi connectivity index (χ4n) is 3.80. The molecule has 2 aliphatic rings. The van der Waals surface area contributed by atoms with Gasteiger partial charge in [-0.15, -0.1) is 11.3 Å². The van der Waals surface area contributed by atoms with Gasteiger partial charge in [-0.3, -0.25) is 4.79 Å². The van der Waals surface area contributed by atoms with Crippen LogP contribution in [0.1, 0.15) is 43.7 Å². The van der Waals surface area contributed by atoms with Gasteiger partial charge in [0.05, 0.1) is 30.4 Å². The summed E-state index contributed by atoms with van der Waals surface area (Å²) in [4.78, 5) is 19.3. The zero-order valence-electron chi connectivity index (χ0n) is 14.4. The molecule has 0 fully saturated rings. The van der Waals surface area contributed by atoms with E-state index in [9.17, 15) is 9.90 Å². The predicted molar refractivity (Wildman–Crippen MR) is 95.0 cm³/mol. The molecular weight excluding hydrogens is 338 g/mol. The van der Waals surface area contributed by atoms with E-state index in [0.717, 1.165) is 54.2 Å². The number of ether oxygens (including phenoxy) is 1. The molecule has 0 saturated heterocycles. The average molecular weight is 361 g/mol. The van der Waals surface area contributed by atoms with E-state index in [2.05, 4.69) is 14.9 Å². The minimum Gasteiger partial charge on any atom is -0.395 e. The number of carbonyl (C=O) groups is 1. The molecule has 0 saturated carbocycles. The molecule has 3 heterocycles. The maximum atomic E-state index is 12.6. The fourth-order valence-corrected chi connectivity index (χ4v) is 4.85. The Morgan fingerprint density at radius 3 is 3.20 bits per heavy atom. The third-order valence-corrected chi connectivity index (χ3v) is 6.26. The number of amides is 1. The maximum absolute atomic E-state index is 12.6. The van der Waals surface area contributed by atoms with Crippen molar-refractivity contribution in [2.75, 3.05) is 13.2 Å². The quantitative estimate of drug-likeness (QED) is 0.867. The third kappa shape index (κ3) is 3.23. The Hall–Kier alpha value is -1.70. The van der Waals surface area contributed by atoms with Crippen LogP contribution in [0.5, 0.6) is 0 Å². The summed E-state index contributed by atoms with van der Waals surface area (Å²) >= 11 is 1.59. The van der Waals surface area contributed by atoms with Gasteiger partial charge in [-0.2, -0.15) is 0 Å². The van der Waals surface area contributed by atoms with Crippen LogP contribution in [0.3, 0.4) is 0 Å². The first-order chi connectivity index (χ1) is 12.2. The fraction of sp³-hybridized carbons (Fsp3) is 0.556. The summed E-state index contributed by atoms with van der Waals surface area (Å²) in [5.41, 5.74) is 3.42. The number of nitrogens with one attached hydrogen (secondary N) is 1. The lowest BCUT2D eigenvalue weighted by Crippen LogP contribution is -2.38. The second kappa shape index (κ2) is 6.90. The number of hydrogen-bond acceptors (Lipinski definition) is 5. The molecule has 2 aromatic heterocycles. The Labute approximate surface area is 150 Å². The highest BCUT2D eigenvalue weighted by Crippen LogP contribution is 2.28. The summed E-state index contributed by atoms with van der Waals surface area (Å²) < 4.78 is 7.56. The zero-order valence-corrected chi connectivity index (χ0v) is 15.2. The number of aliphatic hydroxyl groups is 1. The monoisotopic (exact) mass is 361 g/mol. The first-order valence-electron chi connectivity index (χ1n) is 8.81. The van der Waals surface area contributed by atoms with Crippen LogP contribution in [0.25, 0.3) is 0 Å². The molecule has 0 aromatic carbocycles. The topological polar surface area (TPSA) is 76.4 Å². The molecular formula is C18H23N3O3S. The van der Waals surface area contributed by atoms with Gasteiger partial charge in [0, 0.05) is 36.0 Å². The lowest BCUT2D eigenvalue weighted by molar-refractivity contribution is 0.0937. The van der Waals surface area contributed by atoms with Crippen LogP contribution in [0, 0.1) is 6.92 Å². The smallest absolute Gasteiger partial charge is 0.261 e. The van der Waals surface area contributed by atoms with Gasteiger partial charge in [0.25, 0.3) is 5.91 Å². The van der Waals surface area contributed by atoms with Gasteiger partial charge in [-0.05, 0) is 31.4 Å². The largest absolute Gasteiger partial charge is 0.395 e. The average Bonchev–Trinajstić information content (AvgIpc) is 3.16. The molecule has 0 bridgehead atoms. The number of carbonyl (C=O) groups excluding carboxylic acids is 1. The highest BCUT2D eigenvalue weighted by Gasteiger charge is 2.26. The van der Waals surface area contributed by atoms with Gasteiger partial charge in [0.1, 0.15) is 5.82 Å². The number of aromatic nitrogens is 2. The zero-order chi connectivity index (χ0) is 17.4. The van der Waals surface area contributed by atoms with Gasteiger partial charge in [0.15, 0.2) is 0 Å². The molecule has 1 aliphatic carbocycles. The molecule has 0 radical (unpaired) electrons. The van der Waals surface area contributed by atoms with Crippen LogP contribution in [0.15, 0.2) is 6.07 Å². The van der Waals surface area contributed by atoms with Crippen molar-refractivity contribution in [2.24, 2.45) is 0 Å². The minimum absolute atomic E-state index is 0.0133. The summed E-state index contributed by atoms with van der Waals surface area (Å²) in [5.74, 6) is 0.955.